The molecule has 2 amide bonds. The van der Waals surface area contributed by atoms with E-state index in [4.69, 9.17) is 4.42 Å². The van der Waals surface area contributed by atoms with Gasteiger partial charge in [0.2, 0.25) is 5.91 Å². The van der Waals surface area contributed by atoms with Gasteiger partial charge in [0.25, 0.3) is 5.91 Å². The smallest absolute Gasteiger partial charge is 0.335 e. The van der Waals surface area contributed by atoms with Crippen molar-refractivity contribution in [1.82, 2.24) is 24.8 Å². The maximum absolute atomic E-state index is 13.0. The molecule has 5 heterocycles. The lowest BCUT2D eigenvalue weighted by molar-refractivity contribution is -0.135. The molecular formula is C19H19N5O4. The second kappa shape index (κ2) is 6.43. The molecule has 0 bridgehead atoms. The topological polar surface area (TPSA) is 102 Å². The Morgan fingerprint density at radius 2 is 1.82 bits per heavy atom. The van der Waals surface area contributed by atoms with Crippen LogP contribution in [0, 0.1) is 5.92 Å². The summed E-state index contributed by atoms with van der Waals surface area (Å²) in [6.07, 6.45) is 4.39. The van der Waals surface area contributed by atoms with Crippen molar-refractivity contribution in [1.29, 1.82) is 0 Å². The second-order valence-electron chi connectivity index (χ2n) is 7.54. The Morgan fingerprint density at radius 3 is 2.54 bits per heavy atom. The SMILES string of the molecule is O=C(c1ccc(=O)oc1)N1CC2=C(C1)CN(C(=O)C1CCn3nncc3C1)C2. The third-order valence-electron chi connectivity index (χ3n) is 5.77. The van der Waals surface area contributed by atoms with Crippen molar-refractivity contribution in [3.05, 3.63) is 57.4 Å². The molecule has 0 radical (unpaired) electrons. The molecule has 9 heteroatoms. The first-order chi connectivity index (χ1) is 13.6. The first-order valence-corrected chi connectivity index (χ1v) is 9.32. The van der Waals surface area contributed by atoms with Crippen LogP contribution in [-0.4, -0.2) is 62.8 Å². The number of nitrogens with zero attached hydrogens (tertiary/aromatic N) is 5. The molecule has 0 aliphatic carbocycles. The summed E-state index contributed by atoms with van der Waals surface area (Å²) in [5, 5.41) is 7.94. The van der Waals surface area contributed by atoms with Gasteiger partial charge in [0.1, 0.15) is 6.26 Å². The van der Waals surface area contributed by atoms with Crippen molar-refractivity contribution in [2.24, 2.45) is 5.92 Å². The van der Waals surface area contributed by atoms with Crippen LogP contribution in [0.25, 0.3) is 0 Å². The lowest BCUT2D eigenvalue weighted by atomic mass is 9.95. The molecule has 0 aromatic carbocycles. The minimum Gasteiger partial charge on any atom is -0.430 e. The van der Waals surface area contributed by atoms with Crippen LogP contribution >= 0.6 is 0 Å². The molecule has 2 aromatic rings. The molecule has 0 spiro atoms. The summed E-state index contributed by atoms with van der Waals surface area (Å²) in [6.45, 7) is 2.91. The largest absolute Gasteiger partial charge is 0.430 e. The third kappa shape index (κ3) is 2.83. The molecule has 3 aliphatic rings. The summed E-state index contributed by atoms with van der Waals surface area (Å²) in [6, 6.07) is 2.73. The van der Waals surface area contributed by atoms with Crippen LogP contribution in [0.4, 0.5) is 0 Å². The minimum absolute atomic E-state index is 0.0315. The number of hydrogen-bond acceptors (Lipinski definition) is 6. The van der Waals surface area contributed by atoms with Crippen molar-refractivity contribution in [2.45, 2.75) is 19.4 Å². The number of aryl methyl sites for hydroxylation is 1. The second-order valence-corrected chi connectivity index (χ2v) is 7.54. The molecule has 2 aromatic heterocycles. The van der Waals surface area contributed by atoms with Crippen LogP contribution in [-0.2, 0) is 17.8 Å². The van der Waals surface area contributed by atoms with Gasteiger partial charge in [-0.2, -0.15) is 0 Å². The highest BCUT2D eigenvalue weighted by molar-refractivity contribution is 5.94. The Labute approximate surface area is 160 Å². The summed E-state index contributed by atoms with van der Waals surface area (Å²) < 4.78 is 6.65. The van der Waals surface area contributed by atoms with E-state index in [-0.39, 0.29) is 17.7 Å². The Hall–Kier alpha value is -3.23. The first kappa shape index (κ1) is 16.9. The molecule has 0 fully saturated rings. The average molecular weight is 381 g/mol. The lowest BCUT2D eigenvalue weighted by Crippen LogP contribution is -2.41. The summed E-state index contributed by atoms with van der Waals surface area (Å²) in [7, 11) is 0. The van der Waals surface area contributed by atoms with Gasteiger partial charge in [-0.3, -0.25) is 9.59 Å². The molecule has 3 aliphatic heterocycles. The van der Waals surface area contributed by atoms with E-state index in [1.807, 2.05) is 9.58 Å². The minimum atomic E-state index is -0.478. The van der Waals surface area contributed by atoms with Crippen molar-refractivity contribution < 1.29 is 14.0 Å². The van der Waals surface area contributed by atoms with Crippen LogP contribution in [0.3, 0.4) is 0 Å². The van der Waals surface area contributed by atoms with Gasteiger partial charge in [0, 0.05) is 51.1 Å². The summed E-state index contributed by atoms with van der Waals surface area (Å²) >= 11 is 0. The predicted molar refractivity (Wildman–Crippen MR) is 96.3 cm³/mol. The summed E-state index contributed by atoms with van der Waals surface area (Å²) in [5.41, 5.74) is 3.18. The Bertz CT molecular complexity index is 1010. The molecule has 28 heavy (non-hydrogen) atoms. The monoisotopic (exact) mass is 381 g/mol. The maximum atomic E-state index is 13.0. The Kier molecular flexibility index (Phi) is 3.88. The zero-order valence-corrected chi connectivity index (χ0v) is 15.2. The van der Waals surface area contributed by atoms with E-state index in [0.29, 0.717) is 38.2 Å². The van der Waals surface area contributed by atoms with Crippen LogP contribution < -0.4 is 5.63 Å². The molecule has 0 saturated heterocycles. The zero-order valence-electron chi connectivity index (χ0n) is 15.2. The van der Waals surface area contributed by atoms with Gasteiger partial charge in [-0.05, 0) is 23.6 Å². The van der Waals surface area contributed by atoms with E-state index < -0.39 is 5.63 Å². The average Bonchev–Trinajstić information content (AvgIpc) is 3.41. The number of fused-ring (bicyclic) bond motifs is 1. The standard InChI is InChI=1S/C19H19N5O4/c25-17-2-1-13(11-28-17)19(27)23-9-14-7-22(8-15(14)10-23)18(26)12-3-4-24-16(5-12)6-20-21-24/h1-2,6,11-12H,3-5,7-10H2. The van der Waals surface area contributed by atoms with E-state index in [1.165, 1.54) is 18.4 Å². The number of amides is 2. The normalized spacial score (nSPS) is 21.1. The van der Waals surface area contributed by atoms with E-state index >= 15 is 0 Å². The van der Waals surface area contributed by atoms with Gasteiger partial charge >= 0.3 is 5.63 Å². The van der Waals surface area contributed by atoms with Gasteiger partial charge in [-0.1, -0.05) is 5.21 Å². The summed E-state index contributed by atoms with van der Waals surface area (Å²) in [4.78, 5) is 40.2. The number of carbonyl (C=O) groups is 2. The molecule has 144 valence electrons. The number of hydrogen-bond donors (Lipinski definition) is 0. The maximum Gasteiger partial charge on any atom is 0.335 e. The van der Waals surface area contributed by atoms with Crippen molar-refractivity contribution in [3.8, 4) is 0 Å². The first-order valence-electron chi connectivity index (χ1n) is 9.32. The molecule has 1 atom stereocenters. The van der Waals surface area contributed by atoms with Gasteiger partial charge in [0.05, 0.1) is 17.5 Å². The highest BCUT2D eigenvalue weighted by Crippen LogP contribution is 2.29. The highest BCUT2D eigenvalue weighted by Gasteiger charge is 2.37. The molecule has 5 rings (SSSR count). The fourth-order valence-corrected chi connectivity index (χ4v) is 4.27. The molecule has 1 unspecified atom stereocenters. The number of rotatable bonds is 2. The number of aromatic nitrogens is 3. The van der Waals surface area contributed by atoms with E-state index in [0.717, 1.165) is 29.8 Å². The van der Waals surface area contributed by atoms with Gasteiger partial charge in [-0.15, -0.1) is 5.10 Å². The fraction of sp³-hybridized carbons (Fsp3) is 0.421. The Balaban J connectivity index is 1.20. The third-order valence-corrected chi connectivity index (χ3v) is 5.77. The van der Waals surface area contributed by atoms with Crippen molar-refractivity contribution >= 4 is 11.8 Å². The molecule has 0 saturated carbocycles. The Morgan fingerprint density at radius 1 is 1.07 bits per heavy atom. The van der Waals surface area contributed by atoms with Crippen LogP contribution in [0.2, 0.25) is 0 Å². The highest BCUT2D eigenvalue weighted by atomic mass is 16.4. The fourth-order valence-electron chi connectivity index (χ4n) is 4.27. The zero-order chi connectivity index (χ0) is 19.3. The van der Waals surface area contributed by atoms with Crippen LogP contribution in [0.15, 0.2) is 45.0 Å². The van der Waals surface area contributed by atoms with E-state index in [2.05, 4.69) is 10.3 Å². The van der Waals surface area contributed by atoms with Gasteiger partial charge in [0.15, 0.2) is 0 Å². The van der Waals surface area contributed by atoms with Crippen molar-refractivity contribution in [2.75, 3.05) is 26.2 Å². The molecular weight excluding hydrogens is 362 g/mol. The van der Waals surface area contributed by atoms with Crippen LogP contribution in [0.5, 0.6) is 0 Å². The van der Waals surface area contributed by atoms with Gasteiger partial charge in [-0.25, -0.2) is 9.48 Å². The lowest BCUT2D eigenvalue weighted by Gasteiger charge is -2.28. The predicted octanol–water partition coefficient (Wildman–Crippen LogP) is 0.0885. The van der Waals surface area contributed by atoms with Crippen LogP contribution in [0.1, 0.15) is 22.5 Å². The quantitative estimate of drug-likeness (QED) is 0.683. The van der Waals surface area contributed by atoms with Crippen molar-refractivity contribution in [3.63, 3.8) is 0 Å². The summed E-state index contributed by atoms with van der Waals surface area (Å²) in [5.74, 6) is -0.0235. The molecule has 9 nitrogen and oxygen atoms in total. The van der Waals surface area contributed by atoms with E-state index in [9.17, 15) is 14.4 Å². The molecule has 0 N–H and O–H groups in total. The van der Waals surface area contributed by atoms with Gasteiger partial charge < -0.3 is 14.2 Å². The van der Waals surface area contributed by atoms with E-state index in [1.54, 1.807) is 11.1 Å². The number of carbonyl (C=O) groups excluding carboxylic acids is 2.